The van der Waals surface area contributed by atoms with Crippen LogP contribution in [0, 0.1) is 5.82 Å². The van der Waals surface area contributed by atoms with E-state index < -0.39 is 0 Å². The first-order chi connectivity index (χ1) is 8.08. The van der Waals surface area contributed by atoms with Crippen LogP contribution in [0.1, 0.15) is 20.3 Å². The van der Waals surface area contributed by atoms with Crippen molar-refractivity contribution in [3.63, 3.8) is 0 Å². The largest absolute Gasteiger partial charge is 0.379 e. The zero-order valence-electron chi connectivity index (χ0n) is 10.2. The lowest BCUT2D eigenvalue weighted by atomic mass is 10.2. The summed E-state index contributed by atoms with van der Waals surface area (Å²) < 4.78 is 13.7. The lowest BCUT2D eigenvalue weighted by Crippen LogP contribution is -2.31. The summed E-state index contributed by atoms with van der Waals surface area (Å²) in [7, 11) is 0. The Balaban J connectivity index is 2.00. The summed E-state index contributed by atoms with van der Waals surface area (Å²) >= 11 is 5.75. The maximum absolute atomic E-state index is 13.7. The molecule has 1 heterocycles. The number of likely N-dealkylation sites (tertiary alicyclic amines) is 1. The first-order valence-corrected chi connectivity index (χ1v) is 6.40. The molecule has 2 rings (SSSR count). The average molecular weight is 257 g/mol. The average Bonchev–Trinajstić information content (AvgIpc) is 2.73. The Kier molecular flexibility index (Phi) is 3.89. The van der Waals surface area contributed by atoms with E-state index in [1.165, 1.54) is 0 Å². The molecule has 0 spiro atoms. The topological polar surface area (TPSA) is 15.3 Å². The van der Waals surface area contributed by atoms with Gasteiger partial charge in [0.15, 0.2) is 5.82 Å². The standard InChI is InChI=1S/C13H18ClFN2/c1-9(2)17-7-6-10(8-17)16-12-5-3-4-11(14)13(12)15/h3-5,9-10,16H,6-8H2,1-2H3. The van der Waals surface area contributed by atoms with Crippen molar-refractivity contribution < 1.29 is 4.39 Å². The Morgan fingerprint density at radius 3 is 2.88 bits per heavy atom. The van der Waals surface area contributed by atoms with E-state index in [1.54, 1.807) is 18.2 Å². The highest BCUT2D eigenvalue weighted by Crippen LogP contribution is 2.24. The van der Waals surface area contributed by atoms with Gasteiger partial charge in [0.2, 0.25) is 0 Å². The van der Waals surface area contributed by atoms with E-state index in [0.717, 1.165) is 19.5 Å². The lowest BCUT2D eigenvalue weighted by Gasteiger charge is -2.21. The van der Waals surface area contributed by atoms with Crippen LogP contribution in [0.15, 0.2) is 18.2 Å². The normalized spacial score (nSPS) is 21.1. The van der Waals surface area contributed by atoms with Crippen LogP contribution in [-0.2, 0) is 0 Å². The van der Waals surface area contributed by atoms with Crippen LogP contribution in [-0.4, -0.2) is 30.1 Å². The van der Waals surface area contributed by atoms with Crippen molar-refractivity contribution in [1.29, 1.82) is 0 Å². The van der Waals surface area contributed by atoms with E-state index in [-0.39, 0.29) is 10.8 Å². The minimum atomic E-state index is -0.350. The Bertz CT molecular complexity index is 395. The second kappa shape index (κ2) is 5.23. The second-order valence-corrected chi connectivity index (χ2v) is 5.23. The van der Waals surface area contributed by atoms with Gasteiger partial charge < -0.3 is 5.32 Å². The van der Waals surface area contributed by atoms with Crippen molar-refractivity contribution in [2.24, 2.45) is 0 Å². The molecule has 1 fully saturated rings. The van der Waals surface area contributed by atoms with Crippen LogP contribution in [0.25, 0.3) is 0 Å². The predicted molar refractivity (Wildman–Crippen MR) is 70.1 cm³/mol. The third-order valence-electron chi connectivity index (χ3n) is 3.26. The second-order valence-electron chi connectivity index (χ2n) is 4.82. The first-order valence-electron chi connectivity index (χ1n) is 6.02. The fourth-order valence-electron chi connectivity index (χ4n) is 2.21. The molecule has 1 atom stereocenters. The van der Waals surface area contributed by atoms with Crippen LogP contribution in [0.5, 0.6) is 0 Å². The van der Waals surface area contributed by atoms with Gasteiger partial charge >= 0.3 is 0 Å². The number of anilines is 1. The van der Waals surface area contributed by atoms with Gasteiger partial charge in [-0.3, -0.25) is 4.90 Å². The van der Waals surface area contributed by atoms with Crippen LogP contribution < -0.4 is 5.32 Å². The van der Waals surface area contributed by atoms with Crippen molar-refractivity contribution in [3.05, 3.63) is 29.0 Å². The van der Waals surface area contributed by atoms with Gasteiger partial charge in [-0.1, -0.05) is 17.7 Å². The molecule has 1 aromatic carbocycles. The van der Waals surface area contributed by atoms with Crippen LogP contribution in [0.4, 0.5) is 10.1 Å². The molecular weight excluding hydrogens is 239 g/mol. The number of hydrogen-bond acceptors (Lipinski definition) is 2. The van der Waals surface area contributed by atoms with E-state index in [1.807, 2.05) is 0 Å². The van der Waals surface area contributed by atoms with Crippen molar-refractivity contribution in [1.82, 2.24) is 4.90 Å². The highest BCUT2D eigenvalue weighted by atomic mass is 35.5. The van der Waals surface area contributed by atoms with Crippen LogP contribution >= 0.6 is 11.6 Å². The van der Waals surface area contributed by atoms with E-state index in [4.69, 9.17) is 11.6 Å². The fraction of sp³-hybridized carbons (Fsp3) is 0.538. The first kappa shape index (κ1) is 12.7. The summed E-state index contributed by atoms with van der Waals surface area (Å²) in [6.45, 7) is 6.39. The summed E-state index contributed by atoms with van der Waals surface area (Å²) in [6, 6.07) is 5.93. The zero-order valence-corrected chi connectivity index (χ0v) is 11.0. The Hall–Kier alpha value is -0.800. The molecular formula is C13H18ClFN2. The number of halogens is 2. The quantitative estimate of drug-likeness (QED) is 0.892. The minimum absolute atomic E-state index is 0.175. The van der Waals surface area contributed by atoms with Gasteiger partial charge in [-0.25, -0.2) is 4.39 Å². The SMILES string of the molecule is CC(C)N1CCC(Nc2cccc(Cl)c2F)C1. The molecule has 1 aliphatic rings. The van der Waals surface area contributed by atoms with Gasteiger partial charge in [0.25, 0.3) is 0 Å². The van der Waals surface area contributed by atoms with Gasteiger partial charge in [-0.05, 0) is 32.4 Å². The maximum atomic E-state index is 13.7. The molecule has 0 aromatic heterocycles. The molecule has 1 aliphatic heterocycles. The molecule has 0 aliphatic carbocycles. The molecule has 94 valence electrons. The van der Waals surface area contributed by atoms with Crippen LogP contribution in [0.2, 0.25) is 5.02 Å². The van der Waals surface area contributed by atoms with Gasteiger partial charge in [-0.15, -0.1) is 0 Å². The molecule has 0 saturated carbocycles. The summed E-state index contributed by atoms with van der Waals surface area (Å²) in [5.41, 5.74) is 0.508. The third kappa shape index (κ3) is 2.90. The summed E-state index contributed by atoms with van der Waals surface area (Å²) in [6.07, 6.45) is 1.05. The monoisotopic (exact) mass is 256 g/mol. The van der Waals surface area contributed by atoms with E-state index in [9.17, 15) is 4.39 Å². The van der Waals surface area contributed by atoms with E-state index in [0.29, 0.717) is 17.8 Å². The highest BCUT2D eigenvalue weighted by molar-refractivity contribution is 6.31. The molecule has 0 amide bonds. The number of hydrogen-bond donors (Lipinski definition) is 1. The minimum Gasteiger partial charge on any atom is -0.379 e. The third-order valence-corrected chi connectivity index (χ3v) is 3.55. The lowest BCUT2D eigenvalue weighted by molar-refractivity contribution is 0.274. The van der Waals surface area contributed by atoms with Crippen molar-refractivity contribution in [2.45, 2.75) is 32.4 Å². The van der Waals surface area contributed by atoms with E-state index >= 15 is 0 Å². The summed E-state index contributed by atoms with van der Waals surface area (Å²) in [5, 5.41) is 3.41. The number of rotatable bonds is 3. The van der Waals surface area contributed by atoms with E-state index in [2.05, 4.69) is 24.1 Å². The molecule has 1 unspecified atom stereocenters. The molecule has 17 heavy (non-hydrogen) atoms. The molecule has 4 heteroatoms. The fourth-order valence-corrected chi connectivity index (χ4v) is 2.38. The van der Waals surface area contributed by atoms with Gasteiger partial charge in [-0.2, -0.15) is 0 Å². The highest BCUT2D eigenvalue weighted by Gasteiger charge is 2.24. The Morgan fingerprint density at radius 1 is 1.47 bits per heavy atom. The Morgan fingerprint density at radius 2 is 2.24 bits per heavy atom. The van der Waals surface area contributed by atoms with Crippen molar-refractivity contribution in [2.75, 3.05) is 18.4 Å². The van der Waals surface area contributed by atoms with Gasteiger partial charge in [0.05, 0.1) is 10.7 Å². The zero-order chi connectivity index (χ0) is 12.4. The number of benzene rings is 1. The maximum Gasteiger partial charge on any atom is 0.164 e. The number of nitrogens with zero attached hydrogens (tertiary/aromatic N) is 1. The molecule has 1 N–H and O–H groups in total. The number of nitrogens with one attached hydrogen (secondary N) is 1. The van der Waals surface area contributed by atoms with Crippen LogP contribution in [0.3, 0.4) is 0 Å². The van der Waals surface area contributed by atoms with Gasteiger partial charge in [0.1, 0.15) is 0 Å². The molecule has 1 saturated heterocycles. The molecule has 0 radical (unpaired) electrons. The smallest absolute Gasteiger partial charge is 0.164 e. The summed E-state index contributed by atoms with van der Waals surface area (Å²) in [5.74, 6) is -0.350. The van der Waals surface area contributed by atoms with Gasteiger partial charge in [0, 0.05) is 25.2 Å². The molecule has 1 aromatic rings. The predicted octanol–water partition coefficient (Wildman–Crippen LogP) is 3.37. The van der Waals surface area contributed by atoms with Crippen molar-refractivity contribution >= 4 is 17.3 Å². The molecule has 0 bridgehead atoms. The Labute approximate surface area is 107 Å². The molecule has 2 nitrogen and oxygen atoms in total. The summed E-state index contributed by atoms with van der Waals surface area (Å²) in [4.78, 5) is 2.39. The van der Waals surface area contributed by atoms with Crippen molar-refractivity contribution in [3.8, 4) is 0 Å².